The van der Waals surface area contributed by atoms with Crippen LogP contribution in [0.5, 0.6) is 5.75 Å². The Bertz CT molecular complexity index is 1080. The van der Waals surface area contributed by atoms with Gasteiger partial charge in [-0.25, -0.2) is 8.42 Å². The van der Waals surface area contributed by atoms with Crippen molar-refractivity contribution in [1.82, 2.24) is 14.5 Å². The van der Waals surface area contributed by atoms with Crippen LogP contribution in [0.15, 0.2) is 53.4 Å². The van der Waals surface area contributed by atoms with Gasteiger partial charge in [-0.05, 0) is 49.6 Å². The van der Waals surface area contributed by atoms with Gasteiger partial charge in [0.15, 0.2) is 0 Å². The third kappa shape index (κ3) is 6.27. The second-order valence-corrected chi connectivity index (χ2v) is 10.6. The second kappa shape index (κ2) is 11.0. The first kappa shape index (κ1) is 25.1. The van der Waals surface area contributed by atoms with E-state index in [9.17, 15) is 23.1 Å². The molecule has 0 spiro atoms. The number of piperazine rings is 1. The van der Waals surface area contributed by atoms with E-state index in [1.54, 1.807) is 40.1 Å². The summed E-state index contributed by atoms with van der Waals surface area (Å²) in [6, 6.07) is 12.0. The third-order valence-corrected chi connectivity index (χ3v) is 7.68. The summed E-state index contributed by atoms with van der Waals surface area (Å²) in [6.45, 7) is 3.07. The highest BCUT2D eigenvalue weighted by Gasteiger charge is 2.32. The monoisotopic (exact) mass is 491 g/mol. The molecule has 1 aliphatic rings. The third-order valence-electron chi connectivity index (χ3n) is 5.55. The highest BCUT2D eigenvalue weighted by atomic mass is 32.2. The molecule has 0 aromatic heterocycles. The fraction of sp³-hybridized carbons (Fsp3) is 0.391. The van der Waals surface area contributed by atoms with Crippen LogP contribution in [0.4, 0.5) is 0 Å². The van der Waals surface area contributed by atoms with Gasteiger partial charge in [0, 0.05) is 26.2 Å². The topological polar surface area (TPSA) is 107 Å². The number of rotatable bonds is 8. The molecule has 0 saturated carbocycles. The van der Waals surface area contributed by atoms with E-state index in [0.717, 1.165) is 5.56 Å². The summed E-state index contributed by atoms with van der Waals surface area (Å²) in [5, 5.41) is 9.95. The van der Waals surface area contributed by atoms with Crippen LogP contribution in [0, 0.1) is 6.92 Å². The molecule has 8 nitrogen and oxygen atoms in total. The Kier molecular flexibility index (Phi) is 8.39. The summed E-state index contributed by atoms with van der Waals surface area (Å²) in [6.07, 6.45) is 2.27. The van der Waals surface area contributed by atoms with Crippen LogP contribution in [-0.4, -0.2) is 79.4 Å². The number of aryl methyl sites for hydroxylation is 1. The first-order valence-corrected chi connectivity index (χ1v) is 13.5. The molecule has 2 amide bonds. The van der Waals surface area contributed by atoms with Crippen molar-refractivity contribution in [3.8, 4) is 5.75 Å². The number of carbonyl (C=O) groups excluding carboxylic acids is 2. The fourth-order valence-electron chi connectivity index (χ4n) is 3.62. The van der Waals surface area contributed by atoms with Gasteiger partial charge in [0.1, 0.15) is 11.8 Å². The number of amides is 2. The Morgan fingerprint density at radius 2 is 1.64 bits per heavy atom. The molecule has 1 heterocycles. The van der Waals surface area contributed by atoms with Gasteiger partial charge in [0.05, 0.1) is 10.5 Å². The quantitative estimate of drug-likeness (QED) is 0.586. The highest BCUT2D eigenvalue weighted by molar-refractivity contribution is 7.98. The molecule has 0 bridgehead atoms. The van der Waals surface area contributed by atoms with Gasteiger partial charge < -0.3 is 14.9 Å². The number of thioether (sulfide) groups is 1. The summed E-state index contributed by atoms with van der Waals surface area (Å²) in [4.78, 5) is 29.2. The first-order chi connectivity index (χ1) is 15.7. The Morgan fingerprint density at radius 1 is 1.03 bits per heavy atom. The summed E-state index contributed by atoms with van der Waals surface area (Å²) in [5.74, 6) is -0.0456. The molecule has 1 fully saturated rings. The first-order valence-electron chi connectivity index (χ1n) is 10.7. The standard InChI is InChI=1S/C23H29N3O5S2/c1-17-7-9-18(10-8-17)33(30,31)24-20(11-16-32-2)23(29)26-14-12-25(13-15-26)22(28)19-5-3-4-6-21(19)27/h3-10,20,24,27H,11-16H2,1-2H3. The zero-order chi connectivity index (χ0) is 24.0. The van der Waals surface area contributed by atoms with E-state index >= 15 is 0 Å². The molecular weight excluding hydrogens is 462 g/mol. The van der Waals surface area contributed by atoms with Crippen LogP contribution in [0.1, 0.15) is 22.3 Å². The number of phenols is 1. The normalized spacial score (nSPS) is 15.3. The number of aromatic hydroxyl groups is 1. The van der Waals surface area contributed by atoms with Crippen molar-refractivity contribution in [2.24, 2.45) is 0 Å². The van der Waals surface area contributed by atoms with Crippen molar-refractivity contribution in [2.45, 2.75) is 24.3 Å². The minimum Gasteiger partial charge on any atom is -0.507 e. The molecule has 0 aliphatic carbocycles. The van der Waals surface area contributed by atoms with E-state index in [2.05, 4.69) is 4.72 Å². The van der Waals surface area contributed by atoms with Crippen molar-refractivity contribution in [3.05, 3.63) is 59.7 Å². The molecule has 1 saturated heterocycles. The molecule has 1 aliphatic heterocycles. The maximum absolute atomic E-state index is 13.2. The number of hydrogen-bond donors (Lipinski definition) is 2. The maximum Gasteiger partial charge on any atom is 0.257 e. The predicted octanol–water partition coefficient (Wildman–Crippen LogP) is 2.09. The Labute approximate surface area is 199 Å². The number of benzene rings is 2. The average Bonchev–Trinajstić information content (AvgIpc) is 2.81. The van der Waals surface area contributed by atoms with Gasteiger partial charge in [-0.15, -0.1) is 0 Å². The highest BCUT2D eigenvalue weighted by Crippen LogP contribution is 2.19. The van der Waals surface area contributed by atoms with Gasteiger partial charge in [-0.3, -0.25) is 9.59 Å². The minimum atomic E-state index is -3.85. The van der Waals surface area contributed by atoms with Crippen LogP contribution in [0.3, 0.4) is 0 Å². The van der Waals surface area contributed by atoms with Gasteiger partial charge in [-0.1, -0.05) is 29.8 Å². The number of sulfonamides is 1. The molecule has 1 atom stereocenters. The van der Waals surface area contributed by atoms with Gasteiger partial charge in [-0.2, -0.15) is 16.5 Å². The minimum absolute atomic E-state index is 0.0800. The number of para-hydroxylation sites is 1. The Hall–Kier alpha value is -2.56. The molecule has 3 rings (SSSR count). The molecule has 1 unspecified atom stereocenters. The SMILES string of the molecule is CSCCC(NS(=O)(=O)c1ccc(C)cc1)C(=O)N1CCN(C(=O)c2ccccc2O)CC1. The molecule has 2 aromatic rings. The fourth-order valence-corrected chi connectivity index (χ4v) is 5.31. The molecular formula is C23H29N3O5S2. The van der Waals surface area contributed by atoms with Gasteiger partial charge in [0.25, 0.3) is 5.91 Å². The van der Waals surface area contributed by atoms with Crippen molar-refractivity contribution < 1.29 is 23.1 Å². The summed E-state index contributed by atoms with van der Waals surface area (Å²) < 4.78 is 28.3. The van der Waals surface area contributed by atoms with Crippen molar-refractivity contribution in [1.29, 1.82) is 0 Å². The van der Waals surface area contributed by atoms with E-state index in [4.69, 9.17) is 0 Å². The van der Waals surface area contributed by atoms with E-state index in [0.29, 0.717) is 38.4 Å². The lowest BCUT2D eigenvalue weighted by Crippen LogP contribution is -2.56. The number of phenolic OH excluding ortho intramolecular Hbond substituents is 1. The van der Waals surface area contributed by atoms with E-state index in [1.807, 2.05) is 13.2 Å². The number of nitrogens with zero attached hydrogens (tertiary/aromatic N) is 2. The van der Waals surface area contributed by atoms with Crippen molar-refractivity contribution >= 4 is 33.6 Å². The van der Waals surface area contributed by atoms with Crippen LogP contribution >= 0.6 is 11.8 Å². The second-order valence-electron chi connectivity index (χ2n) is 7.90. The predicted molar refractivity (Wildman–Crippen MR) is 129 cm³/mol. The molecule has 0 radical (unpaired) electrons. The number of carbonyl (C=O) groups is 2. The Morgan fingerprint density at radius 3 is 2.24 bits per heavy atom. The van der Waals surface area contributed by atoms with Gasteiger partial charge >= 0.3 is 0 Å². The van der Waals surface area contributed by atoms with Crippen molar-refractivity contribution in [2.75, 3.05) is 38.2 Å². The van der Waals surface area contributed by atoms with Crippen LogP contribution in [0.2, 0.25) is 0 Å². The lowest BCUT2D eigenvalue weighted by atomic mass is 10.1. The van der Waals surface area contributed by atoms with E-state index in [-0.39, 0.29) is 28.0 Å². The van der Waals surface area contributed by atoms with Crippen LogP contribution in [-0.2, 0) is 14.8 Å². The molecule has 10 heteroatoms. The molecule has 2 aromatic carbocycles. The molecule has 2 N–H and O–H groups in total. The summed E-state index contributed by atoms with van der Waals surface area (Å²) >= 11 is 1.54. The van der Waals surface area contributed by atoms with E-state index < -0.39 is 16.1 Å². The maximum atomic E-state index is 13.2. The largest absolute Gasteiger partial charge is 0.507 e. The molecule has 178 valence electrons. The van der Waals surface area contributed by atoms with Crippen LogP contribution in [0.25, 0.3) is 0 Å². The number of hydrogen-bond acceptors (Lipinski definition) is 6. The van der Waals surface area contributed by atoms with E-state index in [1.165, 1.54) is 30.0 Å². The zero-order valence-electron chi connectivity index (χ0n) is 18.7. The lowest BCUT2D eigenvalue weighted by molar-refractivity contribution is -0.134. The summed E-state index contributed by atoms with van der Waals surface area (Å²) in [5.41, 5.74) is 1.17. The lowest BCUT2D eigenvalue weighted by Gasteiger charge is -2.36. The number of nitrogens with one attached hydrogen (secondary N) is 1. The Balaban J connectivity index is 1.67. The van der Waals surface area contributed by atoms with Gasteiger partial charge in [0.2, 0.25) is 15.9 Å². The van der Waals surface area contributed by atoms with Crippen molar-refractivity contribution in [3.63, 3.8) is 0 Å². The molecule has 33 heavy (non-hydrogen) atoms. The summed E-state index contributed by atoms with van der Waals surface area (Å²) in [7, 11) is -3.85. The van der Waals surface area contributed by atoms with Crippen LogP contribution < -0.4 is 4.72 Å². The zero-order valence-corrected chi connectivity index (χ0v) is 20.4. The smallest absolute Gasteiger partial charge is 0.257 e. The average molecular weight is 492 g/mol.